The van der Waals surface area contributed by atoms with Gasteiger partial charge in [0.05, 0.1) is 47.2 Å². The van der Waals surface area contributed by atoms with E-state index in [-0.39, 0.29) is 37.4 Å². The largest absolute Gasteiger partial charge is 0.467 e. The molecule has 0 atom stereocenters. The van der Waals surface area contributed by atoms with Crippen LogP contribution in [0.4, 0.5) is 11.4 Å². The average molecular weight is 489 g/mol. The van der Waals surface area contributed by atoms with E-state index in [0.29, 0.717) is 32.7 Å². The van der Waals surface area contributed by atoms with E-state index >= 15 is 0 Å². The summed E-state index contributed by atoms with van der Waals surface area (Å²) in [4.78, 5) is 38.8. The fraction of sp³-hybridized carbons (Fsp3) is 0.174. The molecule has 0 aliphatic carbocycles. The quantitative estimate of drug-likeness (QED) is 0.421. The van der Waals surface area contributed by atoms with Gasteiger partial charge < -0.3 is 20.4 Å². The van der Waals surface area contributed by atoms with Gasteiger partial charge in [-0.25, -0.2) is 0 Å². The van der Waals surface area contributed by atoms with Crippen LogP contribution in [0.25, 0.3) is 0 Å². The van der Waals surface area contributed by atoms with Crippen molar-refractivity contribution in [1.82, 2.24) is 10.2 Å². The number of para-hydroxylation sites is 1. The second-order valence-corrected chi connectivity index (χ2v) is 8.02. The number of likely N-dealkylation sites (N-methyl/N-ethyl adjacent to an activating group) is 1. The van der Waals surface area contributed by atoms with Crippen molar-refractivity contribution in [3.63, 3.8) is 0 Å². The van der Waals surface area contributed by atoms with Crippen molar-refractivity contribution in [2.75, 3.05) is 30.8 Å². The van der Waals surface area contributed by atoms with Crippen molar-refractivity contribution in [3.8, 4) is 0 Å². The van der Waals surface area contributed by atoms with Gasteiger partial charge in [0.25, 0.3) is 5.91 Å². The maximum Gasteiger partial charge on any atom is 0.253 e. The summed E-state index contributed by atoms with van der Waals surface area (Å²) in [6.45, 7) is 0.140. The summed E-state index contributed by atoms with van der Waals surface area (Å²) < 4.78 is 5.20. The third kappa shape index (κ3) is 7.35. The van der Waals surface area contributed by atoms with Crippen molar-refractivity contribution >= 4 is 52.3 Å². The zero-order valence-electron chi connectivity index (χ0n) is 17.7. The van der Waals surface area contributed by atoms with Gasteiger partial charge in [-0.15, -0.1) is 0 Å². The second-order valence-electron chi connectivity index (χ2n) is 7.21. The lowest BCUT2D eigenvalue weighted by Gasteiger charge is -2.17. The molecule has 8 nitrogen and oxygen atoms in total. The van der Waals surface area contributed by atoms with Crippen molar-refractivity contribution in [3.05, 3.63) is 82.2 Å². The number of benzene rings is 2. The minimum Gasteiger partial charge on any atom is -0.467 e. The number of amides is 3. The number of furan rings is 1. The van der Waals surface area contributed by atoms with Crippen molar-refractivity contribution < 1.29 is 18.8 Å². The summed E-state index contributed by atoms with van der Waals surface area (Å²) >= 11 is 11.8. The van der Waals surface area contributed by atoms with Crippen LogP contribution in [0.1, 0.15) is 16.1 Å². The minimum atomic E-state index is -0.369. The summed E-state index contributed by atoms with van der Waals surface area (Å²) in [5, 5.41) is 8.88. The highest BCUT2D eigenvalue weighted by Gasteiger charge is 2.16. The van der Waals surface area contributed by atoms with E-state index in [1.54, 1.807) is 66.5 Å². The summed E-state index contributed by atoms with van der Waals surface area (Å²) in [5.74, 6) is -0.421. The first-order valence-corrected chi connectivity index (χ1v) is 10.7. The molecular weight excluding hydrogens is 467 g/mol. The smallest absolute Gasteiger partial charge is 0.253 e. The fourth-order valence-electron chi connectivity index (χ4n) is 2.98. The van der Waals surface area contributed by atoms with Crippen LogP contribution < -0.4 is 16.0 Å². The number of carbonyl (C=O) groups is 3. The molecule has 3 aromatic rings. The van der Waals surface area contributed by atoms with Crippen LogP contribution in [-0.2, 0) is 16.1 Å². The molecule has 0 saturated heterocycles. The van der Waals surface area contributed by atoms with Crippen LogP contribution in [0.2, 0.25) is 10.0 Å². The van der Waals surface area contributed by atoms with Gasteiger partial charge in [-0.05, 0) is 49.5 Å². The van der Waals surface area contributed by atoms with Gasteiger partial charge >= 0.3 is 0 Å². The van der Waals surface area contributed by atoms with Crippen LogP contribution in [0.15, 0.2) is 65.3 Å². The highest BCUT2D eigenvalue weighted by molar-refractivity contribution is 6.42. The van der Waals surface area contributed by atoms with Gasteiger partial charge in [0.15, 0.2) is 0 Å². The highest BCUT2D eigenvalue weighted by atomic mass is 35.5. The number of halogens is 2. The van der Waals surface area contributed by atoms with Crippen LogP contribution in [0, 0.1) is 0 Å². The first-order chi connectivity index (χ1) is 15.8. The Kier molecular flexibility index (Phi) is 8.48. The molecule has 0 bridgehead atoms. The predicted molar refractivity (Wildman–Crippen MR) is 128 cm³/mol. The maximum absolute atomic E-state index is 12.5. The van der Waals surface area contributed by atoms with Gasteiger partial charge in [0.2, 0.25) is 11.8 Å². The lowest BCUT2D eigenvalue weighted by Crippen LogP contribution is -2.36. The summed E-state index contributed by atoms with van der Waals surface area (Å²) in [6, 6.07) is 14.9. The van der Waals surface area contributed by atoms with Crippen molar-refractivity contribution in [2.24, 2.45) is 0 Å². The Hall–Kier alpha value is -3.33. The lowest BCUT2D eigenvalue weighted by molar-refractivity contribution is -0.119. The topological polar surface area (TPSA) is 104 Å². The maximum atomic E-state index is 12.5. The van der Waals surface area contributed by atoms with E-state index < -0.39 is 0 Å². The molecule has 3 amide bonds. The number of nitrogens with zero attached hydrogens (tertiary/aromatic N) is 1. The Balaban J connectivity index is 1.51. The van der Waals surface area contributed by atoms with Gasteiger partial charge in [-0.1, -0.05) is 35.3 Å². The second kappa shape index (κ2) is 11.5. The van der Waals surface area contributed by atoms with Crippen LogP contribution in [-0.4, -0.2) is 42.8 Å². The Morgan fingerprint density at radius 1 is 0.909 bits per heavy atom. The summed E-state index contributed by atoms with van der Waals surface area (Å²) in [7, 11) is 1.63. The van der Waals surface area contributed by atoms with Gasteiger partial charge in [-0.2, -0.15) is 0 Å². The number of hydrogen-bond donors (Lipinski definition) is 3. The Bertz CT molecular complexity index is 1140. The molecule has 0 aliphatic rings. The number of nitrogens with one attached hydrogen (secondary N) is 3. The van der Waals surface area contributed by atoms with Gasteiger partial charge in [-0.3, -0.25) is 19.3 Å². The Morgan fingerprint density at radius 3 is 2.33 bits per heavy atom. The van der Waals surface area contributed by atoms with E-state index in [2.05, 4.69) is 16.0 Å². The molecule has 0 saturated carbocycles. The van der Waals surface area contributed by atoms with E-state index in [4.69, 9.17) is 27.6 Å². The molecule has 1 aromatic heterocycles. The molecule has 0 unspecified atom stereocenters. The first kappa shape index (κ1) is 24.3. The third-order valence-corrected chi connectivity index (χ3v) is 5.22. The van der Waals surface area contributed by atoms with Crippen LogP contribution >= 0.6 is 23.2 Å². The van der Waals surface area contributed by atoms with E-state index in [0.717, 1.165) is 0 Å². The zero-order valence-corrected chi connectivity index (χ0v) is 19.2. The van der Waals surface area contributed by atoms with Gasteiger partial charge in [0, 0.05) is 5.69 Å². The molecule has 172 valence electrons. The third-order valence-electron chi connectivity index (χ3n) is 4.48. The molecular formula is C23H22Cl2N4O4. The molecule has 0 fully saturated rings. The number of hydrogen-bond acceptors (Lipinski definition) is 5. The zero-order chi connectivity index (χ0) is 23.8. The molecule has 0 radical (unpaired) electrons. The van der Waals surface area contributed by atoms with E-state index in [1.165, 1.54) is 6.26 Å². The molecule has 0 aliphatic heterocycles. The predicted octanol–water partition coefficient (Wildman–Crippen LogP) is 4.03. The first-order valence-electron chi connectivity index (χ1n) is 9.94. The number of rotatable bonds is 9. The van der Waals surface area contributed by atoms with Crippen LogP contribution in [0.5, 0.6) is 0 Å². The van der Waals surface area contributed by atoms with Crippen molar-refractivity contribution in [2.45, 2.75) is 6.54 Å². The number of carbonyl (C=O) groups excluding carboxylic acids is 3. The lowest BCUT2D eigenvalue weighted by atomic mass is 10.1. The summed E-state index contributed by atoms with van der Waals surface area (Å²) in [5.41, 5.74) is 1.19. The monoisotopic (exact) mass is 488 g/mol. The van der Waals surface area contributed by atoms with E-state index in [9.17, 15) is 14.4 Å². The molecule has 33 heavy (non-hydrogen) atoms. The Labute approximate surface area is 200 Å². The standard InChI is InChI=1S/C23H22Cl2N4O4/c1-29(13-21(30)27-15-8-9-18(24)19(25)11-15)14-22(31)28-20-7-3-2-6-17(20)23(32)26-12-16-5-4-10-33-16/h2-11H,12-14H2,1H3,(H,26,32)(H,27,30)(H,28,31). The summed E-state index contributed by atoms with van der Waals surface area (Å²) in [6.07, 6.45) is 1.52. The normalized spacial score (nSPS) is 10.7. The molecule has 1 heterocycles. The minimum absolute atomic E-state index is 0.0288. The van der Waals surface area contributed by atoms with Crippen LogP contribution in [0.3, 0.4) is 0 Å². The molecule has 3 rings (SSSR count). The molecule has 3 N–H and O–H groups in total. The van der Waals surface area contributed by atoms with Crippen molar-refractivity contribution in [1.29, 1.82) is 0 Å². The molecule has 2 aromatic carbocycles. The van der Waals surface area contributed by atoms with Gasteiger partial charge in [0.1, 0.15) is 5.76 Å². The average Bonchev–Trinajstić information content (AvgIpc) is 3.28. The number of anilines is 2. The molecule has 0 spiro atoms. The van der Waals surface area contributed by atoms with E-state index in [1.807, 2.05) is 0 Å². The molecule has 10 heteroatoms. The SMILES string of the molecule is CN(CC(=O)Nc1ccc(Cl)c(Cl)c1)CC(=O)Nc1ccccc1C(=O)NCc1ccco1. The Morgan fingerprint density at radius 2 is 1.64 bits per heavy atom. The fourth-order valence-corrected chi connectivity index (χ4v) is 3.27. The highest BCUT2D eigenvalue weighted by Crippen LogP contribution is 2.25.